The van der Waals surface area contributed by atoms with Crippen LogP contribution in [0.15, 0.2) is 6.07 Å². The minimum Gasteiger partial charge on any atom is -0.463 e. The van der Waals surface area contributed by atoms with Crippen molar-refractivity contribution in [2.45, 2.75) is 89.6 Å². The molecule has 1 aromatic carbocycles. The zero-order chi connectivity index (χ0) is 28.2. The molecule has 0 aliphatic carbocycles. The minimum atomic E-state index is -0.705. The maximum atomic E-state index is 15.3. The molecule has 40 heavy (non-hydrogen) atoms. The summed E-state index contributed by atoms with van der Waals surface area (Å²) in [4.78, 5) is 28.3. The zero-order valence-electron chi connectivity index (χ0n) is 23.8. The summed E-state index contributed by atoms with van der Waals surface area (Å²) >= 11 is 0. The molecule has 9 nitrogen and oxygen atoms in total. The molecule has 4 fully saturated rings. The van der Waals surface area contributed by atoms with Gasteiger partial charge in [-0.3, -0.25) is 9.80 Å². The van der Waals surface area contributed by atoms with E-state index in [0.29, 0.717) is 43.0 Å². The normalized spacial score (nSPS) is 26.6. The second-order valence-corrected chi connectivity index (χ2v) is 12.6. The highest BCUT2D eigenvalue weighted by Gasteiger charge is 2.45. The number of carbonyl (C=O) groups is 1. The van der Waals surface area contributed by atoms with Gasteiger partial charge in [0, 0.05) is 42.7 Å². The fraction of sp³-hybridized carbons (Fsp3) is 0.690. The van der Waals surface area contributed by atoms with Gasteiger partial charge in [0.05, 0.1) is 31.9 Å². The van der Waals surface area contributed by atoms with Gasteiger partial charge in [-0.15, -0.1) is 0 Å². The molecule has 5 heterocycles. The molecule has 4 aliphatic heterocycles. The van der Waals surface area contributed by atoms with Crippen LogP contribution < -0.4 is 9.64 Å². The molecule has 4 unspecified atom stereocenters. The monoisotopic (exact) mass is 559 g/mol. The minimum absolute atomic E-state index is 0.0482. The first-order chi connectivity index (χ1) is 19.1. The van der Waals surface area contributed by atoms with Crippen LogP contribution in [0.3, 0.4) is 0 Å². The highest BCUT2D eigenvalue weighted by molar-refractivity contribution is 5.91. The molecule has 218 valence electrons. The summed E-state index contributed by atoms with van der Waals surface area (Å²) in [5.41, 5.74) is -0.621. The number of carbonyl (C=O) groups excluding carboxylic acids is 1. The van der Waals surface area contributed by atoms with E-state index in [1.165, 1.54) is 25.8 Å². The van der Waals surface area contributed by atoms with Gasteiger partial charge in [0.2, 0.25) is 0 Å². The molecule has 1 aromatic heterocycles. The first-order valence-electron chi connectivity index (χ1n) is 14.5. The van der Waals surface area contributed by atoms with E-state index in [-0.39, 0.29) is 35.3 Å². The van der Waals surface area contributed by atoms with Crippen molar-refractivity contribution in [1.29, 1.82) is 0 Å². The fourth-order valence-corrected chi connectivity index (χ4v) is 6.74. The quantitative estimate of drug-likeness (QED) is 0.481. The molecule has 0 N–H and O–H groups in total. The van der Waals surface area contributed by atoms with Crippen LogP contribution >= 0.6 is 0 Å². The molecule has 0 saturated carbocycles. The highest BCUT2D eigenvalue weighted by Crippen LogP contribution is 2.37. The fourth-order valence-electron chi connectivity index (χ4n) is 6.74. The molecule has 4 bridgehead atoms. The van der Waals surface area contributed by atoms with Crippen LogP contribution in [0.1, 0.15) is 58.4 Å². The van der Waals surface area contributed by atoms with Crippen molar-refractivity contribution in [3.8, 4) is 6.01 Å². The van der Waals surface area contributed by atoms with Gasteiger partial charge < -0.3 is 19.1 Å². The second kappa shape index (κ2) is 10.6. The number of benzene rings is 1. The van der Waals surface area contributed by atoms with Gasteiger partial charge in [-0.05, 0) is 65.9 Å². The molecule has 4 saturated heterocycles. The van der Waals surface area contributed by atoms with Crippen LogP contribution in [-0.2, 0) is 9.47 Å². The number of morpholine rings is 1. The van der Waals surface area contributed by atoms with Crippen LogP contribution in [0.2, 0.25) is 0 Å². The van der Waals surface area contributed by atoms with E-state index in [0.717, 1.165) is 39.0 Å². The van der Waals surface area contributed by atoms with Gasteiger partial charge in [0.25, 0.3) is 0 Å². The third-order valence-corrected chi connectivity index (χ3v) is 8.64. The number of hydrogen-bond donors (Lipinski definition) is 0. The number of nitrogens with zero attached hydrogens (tertiary/aromatic N) is 5. The Balaban J connectivity index is 1.22. The summed E-state index contributed by atoms with van der Waals surface area (Å²) in [6, 6.07) is 2.19. The van der Waals surface area contributed by atoms with E-state index >= 15 is 4.39 Å². The standard InChI is InChI=1S/C29H39F2N5O4/c1-17-23(30)12-22-25(24(17)31)32-27(39-11-5-10-35-20-8-9-21(35)16-38-15-20)33-26(22)34-13-18-6-7-19(14-34)36(18)28(37)40-29(2,3)4/h12,18-21H,5-11,13-16H2,1-4H3. The molecular formula is C29H39F2N5O4. The van der Waals surface area contributed by atoms with Crippen molar-refractivity contribution < 1.29 is 27.8 Å². The van der Waals surface area contributed by atoms with Gasteiger partial charge >= 0.3 is 12.1 Å². The molecule has 4 atom stereocenters. The molecule has 6 rings (SSSR count). The number of halogens is 2. The van der Waals surface area contributed by atoms with Crippen molar-refractivity contribution in [2.75, 3.05) is 44.4 Å². The van der Waals surface area contributed by atoms with E-state index < -0.39 is 17.2 Å². The Morgan fingerprint density at radius 3 is 2.35 bits per heavy atom. The average molecular weight is 560 g/mol. The van der Waals surface area contributed by atoms with Gasteiger partial charge in [0.15, 0.2) is 5.82 Å². The van der Waals surface area contributed by atoms with E-state index in [1.54, 1.807) is 0 Å². The Hall–Kier alpha value is -2.79. The Labute approximate surface area is 233 Å². The lowest BCUT2D eigenvalue weighted by Gasteiger charge is -2.42. The average Bonchev–Trinajstić information content (AvgIpc) is 3.29. The van der Waals surface area contributed by atoms with Crippen LogP contribution in [0.4, 0.5) is 19.4 Å². The van der Waals surface area contributed by atoms with Crippen molar-refractivity contribution in [2.24, 2.45) is 0 Å². The van der Waals surface area contributed by atoms with Crippen LogP contribution in [0, 0.1) is 18.6 Å². The number of piperazine rings is 1. The predicted molar refractivity (Wildman–Crippen MR) is 146 cm³/mol. The van der Waals surface area contributed by atoms with Crippen LogP contribution in [-0.4, -0.2) is 95.1 Å². The number of fused-ring (bicyclic) bond motifs is 5. The van der Waals surface area contributed by atoms with Crippen LogP contribution in [0.25, 0.3) is 10.9 Å². The molecule has 4 aliphatic rings. The molecule has 2 aromatic rings. The Bertz CT molecular complexity index is 1260. The van der Waals surface area contributed by atoms with Gasteiger partial charge in [-0.25, -0.2) is 13.6 Å². The Kier molecular flexibility index (Phi) is 7.23. The Morgan fingerprint density at radius 2 is 1.70 bits per heavy atom. The van der Waals surface area contributed by atoms with E-state index in [1.807, 2.05) is 30.6 Å². The molecule has 0 radical (unpaired) electrons. The van der Waals surface area contributed by atoms with Crippen molar-refractivity contribution in [3.63, 3.8) is 0 Å². The summed E-state index contributed by atoms with van der Waals surface area (Å²) < 4.78 is 47.3. The summed E-state index contributed by atoms with van der Waals surface area (Å²) in [6.45, 7) is 10.8. The largest absolute Gasteiger partial charge is 0.463 e. The number of amides is 1. The number of hydrogen-bond acceptors (Lipinski definition) is 8. The lowest BCUT2D eigenvalue weighted by atomic mass is 10.1. The maximum Gasteiger partial charge on any atom is 0.410 e. The van der Waals surface area contributed by atoms with Crippen molar-refractivity contribution in [1.82, 2.24) is 19.8 Å². The first kappa shape index (κ1) is 27.4. The van der Waals surface area contributed by atoms with Crippen molar-refractivity contribution in [3.05, 3.63) is 23.3 Å². The predicted octanol–water partition coefficient (Wildman–Crippen LogP) is 4.44. The van der Waals surface area contributed by atoms with Crippen molar-refractivity contribution >= 4 is 22.8 Å². The molecular weight excluding hydrogens is 520 g/mol. The Morgan fingerprint density at radius 1 is 1.05 bits per heavy atom. The van der Waals surface area contributed by atoms with Crippen LogP contribution in [0.5, 0.6) is 6.01 Å². The van der Waals surface area contributed by atoms with E-state index in [9.17, 15) is 9.18 Å². The zero-order valence-corrected chi connectivity index (χ0v) is 23.8. The summed E-state index contributed by atoms with van der Waals surface area (Å²) in [7, 11) is 0. The number of ether oxygens (including phenoxy) is 3. The van der Waals surface area contributed by atoms with Gasteiger partial charge in [-0.2, -0.15) is 9.97 Å². The molecule has 0 spiro atoms. The summed E-state index contributed by atoms with van der Waals surface area (Å²) in [6.07, 6.45) is 4.46. The van der Waals surface area contributed by atoms with Gasteiger partial charge in [-0.1, -0.05) is 0 Å². The lowest BCUT2D eigenvalue weighted by molar-refractivity contribution is -0.0161. The maximum absolute atomic E-state index is 15.3. The van der Waals surface area contributed by atoms with E-state index in [4.69, 9.17) is 14.2 Å². The third kappa shape index (κ3) is 5.18. The number of anilines is 1. The highest BCUT2D eigenvalue weighted by atomic mass is 19.1. The molecule has 11 heteroatoms. The first-order valence-corrected chi connectivity index (χ1v) is 14.5. The number of rotatable bonds is 6. The lowest BCUT2D eigenvalue weighted by Crippen LogP contribution is -2.57. The summed E-state index contributed by atoms with van der Waals surface area (Å²) in [5.74, 6) is -0.910. The van der Waals surface area contributed by atoms with Gasteiger partial charge in [0.1, 0.15) is 22.8 Å². The van der Waals surface area contributed by atoms with E-state index in [2.05, 4.69) is 14.9 Å². The smallest absolute Gasteiger partial charge is 0.410 e. The third-order valence-electron chi connectivity index (χ3n) is 8.64. The SMILES string of the molecule is Cc1c(F)cc2c(N3CC4CCC(C3)N4C(=O)OC(C)(C)C)nc(OCCCN3C4CCC3COC4)nc2c1F. The number of aromatic nitrogens is 2. The topological polar surface area (TPSA) is 80.3 Å². The molecule has 1 amide bonds. The second-order valence-electron chi connectivity index (χ2n) is 12.6. The summed E-state index contributed by atoms with van der Waals surface area (Å²) in [5, 5.41) is 0.308.